The second kappa shape index (κ2) is 11.1. The molecule has 0 atom stereocenters. The fraction of sp³-hybridized carbons (Fsp3) is 0.185. The molecule has 35 heavy (non-hydrogen) atoms. The summed E-state index contributed by atoms with van der Waals surface area (Å²) in [5.41, 5.74) is 4.37. The van der Waals surface area contributed by atoms with Gasteiger partial charge in [0, 0.05) is 29.4 Å². The Labute approximate surface area is 203 Å². The number of fused-ring (bicyclic) bond motifs is 1. The van der Waals surface area contributed by atoms with Crippen LogP contribution >= 0.6 is 0 Å². The minimum Gasteiger partial charge on any atom is -0.455 e. The Balaban J connectivity index is 1.50. The fourth-order valence-electron chi connectivity index (χ4n) is 3.33. The van der Waals surface area contributed by atoms with Crippen molar-refractivity contribution in [1.29, 1.82) is 0 Å². The topological polar surface area (TPSA) is 98.3 Å². The largest absolute Gasteiger partial charge is 0.455 e. The maximum atomic E-state index is 11.5. The van der Waals surface area contributed by atoms with Crippen LogP contribution in [0.25, 0.3) is 10.9 Å². The van der Waals surface area contributed by atoms with Gasteiger partial charge in [0.25, 0.3) is 0 Å². The van der Waals surface area contributed by atoms with E-state index < -0.39 is 0 Å². The molecule has 0 spiro atoms. The number of amides is 1. The highest BCUT2D eigenvalue weighted by Gasteiger charge is 2.08. The molecule has 0 saturated heterocycles. The standard InChI is InChI=1S/C27H25N5O3/c1-18-13-21(8-11-25(18)35-22-9-6-19(2)29-15-22)32-27-23-14-20(7-10-24(23)30-17-31-27)5-4-12-28-26(33)16-34-3/h6-11,13-15,17H,12,16H2,1-3H3,(H,28,33)(H,30,31,32). The number of pyridine rings is 1. The van der Waals surface area contributed by atoms with E-state index in [0.717, 1.165) is 39.2 Å². The quantitative estimate of drug-likeness (QED) is 0.391. The number of hydrogen-bond donors (Lipinski definition) is 2. The van der Waals surface area contributed by atoms with Gasteiger partial charge in [-0.3, -0.25) is 9.78 Å². The van der Waals surface area contributed by atoms with Crippen molar-refractivity contribution in [2.45, 2.75) is 13.8 Å². The first-order chi connectivity index (χ1) is 17.0. The van der Waals surface area contributed by atoms with Gasteiger partial charge in [-0.25, -0.2) is 9.97 Å². The molecule has 0 radical (unpaired) electrons. The number of hydrogen-bond acceptors (Lipinski definition) is 7. The monoisotopic (exact) mass is 467 g/mol. The van der Waals surface area contributed by atoms with Crippen LogP contribution in [0.15, 0.2) is 61.1 Å². The van der Waals surface area contributed by atoms with Crippen LogP contribution in [0.5, 0.6) is 11.5 Å². The van der Waals surface area contributed by atoms with E-state index >= 15 is 0 Å². The summed E-state index contributed by atoms with van der Waals surface area (Å²) in [6, 6.07) is 15.4. The summed E-state index contributed by atoms with van der Waals surface area (Å²) in [7, 11) is 1.47. The summed E-state index contributed by atoms with van der Waals surface area (Å²) in [5.74, 6) is 7.91. The predicted octanol–water partition coefficient (Wildman–Crippen LogP) is 4.29. The summed E-state index contributed by atoms with van der Waals surface area (Å²) < 4.78 is 10.7. The van der Waals surface area contributed by atoms with Gasteiger partial charge in [0.15, 0.2) is 0 Å². The number of nitrogens with one attached hydrogen (secondary N) is 2. The number of methoxy groups -OCH3 is 1. The lowest BCUT2D eigenvalue weighted by molar-refractivity contribution is -0.124. The Kier molecular flexibility index (Phi) is 7.50. The summed E-state index contributed by atoms with van der Waals surface area (Å²) in [6.07, 6.45) is 3.23. The minimum absolute atomic E-state index is 0.0137. The molecule has 0 aliphatic carbocycles. The van der Waals surface area contributed by atoms with Crippen LogP contribution in [-0.2, 0) is 9.53 Å². The molecule has 2 N–H and O–H groups in total. The number of rotatable bonds is 7. The highest BCUT2D eigenvalue weighted by molar-refractivity contribution is 5.91. The Morgan fingerprint density at radius 2 is 1.91 bits per heavy atom. The number of ether oxygens (including phenoxy) is 2. The first-order valence-corrected chi connectivity index (χ1v) is 11.0. The van der Waals surface area contributed by atoms with E-state index in [1.807, 2.05) is 62.4 Å². The third kappa shape index (κ3) is 6.31. The van der Waals surface area contributed by atoms with Crippen molar-refractivity contribution < 1.29 is 14.3 Å². The summed E-state index contributed by atoms with van der Waals surface area (Å²) in [4.78, 5) is 24.5. The van der Waals surface area contributed by atoms with Gasteiger partial charge in [0.05, 0.1) is 18.3 Å². The number of anilines is 2. The van der Waals surface area contributed by atoms with Gasteiger partial charge in [0.2, 0.25) is 5.91 Å². The van der Waals surface area contributed by atoms with Gasteiger partial charge in [-0.2, -0.15) is 0 Å². The zero-order chi connectivity index (χ0) is 24.6. The van der Waals surface area contributed by atoms with Crippen molar-refractivity contribution in [3.8, 4) is 23.3 Å². The van der Waals surface area contributed by atoms with Crippen LogP contribution in [-0.4, -0.2) is 41.1 Å². The molecule has 0 aliphatic heterocycles. The van der Waals surface area contributed by atoms with Gasteiger partial charge < -0.3 is 20.1 Å². The minimum atomic E-state index is -0.206. The highest BCUT2D eigenvalue weighted by Crippen LogP contribution is 2.29. The lowest BCUT2D eigenvalue weighted by atomic mass is 10.1. The number of carbonyl (C=O) groups excluding carboxylic acids is 1. The zero-order valence-electron chi connectivity index (χ0n) is 19.8. The van der Waals surface area contributed by atoms with Crippen LogP contribution in [0.3, 0.4) is 0 Å². The number of carbonyl (C=O) groups is 1. The molecule has 0 aliphatic rings. The molecule has 0 saturated carbocycles. The van der Waals surface area contributed by atoms with Crippen molar-refractivity contribution in [3.05, 3.63) is 77.9 Å². The first kappa shape index (κ1) is 23.7. The fourth-order valence-corrected chi connectivity index (χ4v) is 3.33. The van der Waals surface area contributed by atoms with E-state index in [4.69, 9.17) is 9.47 Å². The third-order valence-corrected chi connectivity index (χ3v) is 5.07. The van der Waals surface area contributed by atoms with Crippen LogP contribution in [0, 0.1) is 25.7 Å². The van der Waals surface area contributed by atoms with Crippen LogP contribution in [0.2, 0.25) is 0 Å². The Bertz CT molecular complexity index is 1410. The molecule has 176 valence electrons. The van der Waals surface area contributed by atoms with Crippen molar-refractivity contribution >= 4 is 28.3 Å². The number of benzene rings is 2. The maximum absolute atomic E-state index is 11.5. The molecule has 0 bridgehead atoms. The summed E-state index contributed by atoms with van der Waals surface area (Å²) in [5, 5.41) is 6.89. The first-order valence-electron chi connectivity index (χ1n) is 11.0. The zero-order valence-corrected chi connectivity index (χ0v) is 19.8. The van der Waals surface area contributed by atoms with Gasteiger partial charge in [-0.1, -0.05) is 11.8 Å². The molecule has 4 aromatic rings. The molecule has 1 amide bonds. The van der Waals surface area contributed by atoms with E-state index in [-0.39, 0.29) is 19.1 Å². The van der Waals surface area contributed by atoms with E-state index in [1.165, 1.54) is 13.4 Å². The molecular weight excluding hydrogens is 442 g/mol. The molecule has 0 unspecified atom stereocenters. The molecule has 2 heterocycles. The smallest absolute Gasteiger partial charge is 0.246 e. The molecular formula is C27H25N5O3. The highest BCUT2D eigenvalue weighted by atomic mass is 16.5. The average molecular weight is 468 g/mol. The molecule has 4 rings (SSSR count). The molecule has 2 aromatic carbocycles. The van der Waals surface area contributed by atoms with Gasteiger partial charge >= 0.3 is 0 Å². The molecule has 8 nitrogen and oxygen atoms in total. The molecule has 0 fully saturated rings. The van der Waals surface area contributed by atoms with Crippen molar-refractivity contribution in [3.63, 3.8) is 0 Å². The van der Waals surface area contributed by atoms with Crippen molar-refractivity contribution in [2.24, 2.45) is 0 Å². The normalized spacial score (nSPS) is 10.4. The van der Waals surface area contributed by atoms with E-state index in [1.54, 1.807) is 6.20 Å². The van der Waals surface area contributed by atoms with E-state index in [2.05, 4.69) is 37.4 Å². The van der Waals surface area contributed by atoms with Gasteiger partial charge in [0.1, 0.15) is 30.3 Å². The van der Waals surface area contributed by atoms with Crippen molar-refractivity contribution in [2.75, 3.05) is 25.6 Å². The van der Waals surface area contributed by atoms with Gasteiger partial charge in [-0.15, -0.1) is 0 Å². The number of aromatic nitrogens is 3. The number of aryl methyl sites for hydroxylation is 2. The Morgan fingerprint density at radius 3 is 2.69 bits per heavy atom. The second-order valence-corrected chi connectivity index (χ2v) is 7.81. The van der Waals surface area contributed by atoms with E-state index in [0.29, 0.717) is 11.6 Å². The van der Waals surface area contributed by atoms with Crippen LogP contribution in [0.4, 0.5) is 11.5 Å². The average Bonchev–Trinajstić information content (AvgIpc) is 2.85. The third-order valence-electron chi connectivity index (χ3n) is 5.07. The summed E-state index contributed by atoms with van der Waals surface area (Å²) in [6.45, 7) is 4.17. The SMILES string of the molecule is COCC(=O)NCC#Cc1ccc2ncnc(Nc3ccc(Oc4ccc(C)nc4)c(C)c3)c2c1. The predicted molar refractivity (Wildman–Crippen MR) is 135 cm³/mol. The summed E-state index contributed by atoms with van der Waals surface area (Å²) >= 11 is 0. The van der Waals surface area contributed by atoms with Crippen LogP contribution < -0.4 is 15.4 Å². The van der Waals surface area contributed by atoms with Crippen LogP contribution in [0.1, 0.15) is 16.8 Å². The van der Waals surface area contributed by atoms with Gasteiger partial charge in [-0.05, 0) is 67.9 Å². The lowest BCUT2D eigenvalue weighted by Crippen LogP contribution is -2.27. The molecule has 8 heteroatoms. The Morgan fingerprint density at radius 1 is 1.03 bits per heavy atom. The molecule has 2 aromatic heterocycles. The maximum Gasteiger partial charge on any atom is 0.246 e. The Hall–Kier alpha value is -4.48. The number of nitrogens with zero attached hydrogens (tertiary/aromatic N) is 3. The lowest BCUT2D eigenvalue weighted by Gasteiger charge is -2.12. The van der Waals surface area contributed by atoms with Crippen molar-refractivity contribution in [1.82, 2.24) is 20.3 Å². The van der Waals surface area contributed by atoms with E-state index in [9.17, 15) is 4.79 Å². The second-order valence-electron chi connectivity index (χ2n) is 7.81.